The Hall–Kier alpha value is -1.48. The molecule has 9 heteroatoms. The van der Waals surface area contributed by atoms with E-state index in [9.17, 15) is 13.2 Å². The van der Waals surface area contributed by atoms with E-state index in [4.69, 9.17) is 0 Å². The summed E-state index contributed by atoms with van der Waals surface area (Å²) in [5.74, 6) is -0.293. The standard InChI is InChI=1S/C14H25N5O3S/c1-5-23(21,22)18-8-6-7-11(9-18)12(20)16-13-15-10-19(17-13)14(2,3)4/h10-11H,5-9H2,1-4H3,(H,16,17,20). The highest BCUT2D eigenvalue weighted by atomic mass is 32.2. The maximum Gasteiger partial charge on any atom is 0.248 e. The van der Waals surface area contributed by atoms with Gasteiger partial charge in [-0.2, -0.15) is 0 Å². The zero-order chi connectivity index (χ0) is 17.3. The molecule has 1 aliphatic rings. The summed E-state index contributed by atoms with van der Waals surface area (Å²) in [6.07, 6.45) is 2.92. The zero-order valence-electron chi connectivity index (χ0n) is 14.1. The van der Waals surface area contributed by atoms with Gasteiger partial charge in [-0.3, -0.25) is 10.1 Å². The lowest BCUT2D eigenvalue weighted by Gasteiger charge is -2.30. The minimum Gasteiger partial charge on any atom is -0.293 e. The number of hydrogen-bond donors (Lipinski definition) is 1. The Morgan fingerprint density at radius 1 is 1.43 bits per heavy atom. The van der Waals surface area contributed by atoms with Gasteiger partial charge in [-0.15, -0.1) is 5.10 Å². The third-order valence-corrected chi connectivity index (χ3v) is 5.78. The number of carbonyl (C=O) groups excluding carboxylic acids is 1. The van der Waals surface area contributed by atoms with E-state index >= 15 is 0 Å². The van der Waals surface area contributed by atoms with Crippen molar-refractivity contribution in [1.82, 2.24) is 19.1 Å². The monoisotopic (exact) mass is 343 g/mol. The van der Waals surface area contributed by atoms with Crippen LogP contribution in [0, 0.1) is 5.92 Å². The molecule has 1 aromatic heterocycles. The Morgan fingerprint density at radius 3 is 2.70 bits per heavy atom. The molecular weight excluding hydrogens is 318 g/mol. The number of rotatable bonds is 4. The first-order valence-electron chi connectivity index (χ1n) is 7.84. The number of nitrogens with zero attached hydrogens (tertiary/aromatic N) is 4. The Balaban J connectivity index is 2.02. The second-order valence-corrected chi connectivity index (χ2v) is 9.03. The quantitative estimate of drug-likeness (QED) is 0.881. The molecule has 0 saturated carbocycles. The van der Waals surface area contributed by atoms with Crippen molar-refractivity contribution in [2.75, 3.05) is 24.2 Å². The van der Waals surface area contributed by atoms with Crippen LogP contribution in [0.2, 0.25) is 0 Å². The highest BCUT2D eigenvalue weighted by molar-refractivity contribution is 7.89. The van der Waals surface area contributed by atoms with Gasteiger partial charge in [-0.05, 0) is 40.5 Å². The second kappa shape index (κ2) is 6.56. The van der Waals surface area contributed by atoms with Crippen LogP contribution >= 0.6 is 0 Å². The number of aromatic nitrogens is 3. The van der Waals surface area contributed by atoms with Crippen molar-refractivity contribution < 1.29 is 13.2 Å². The topological polar surface area (TPSA) is 97.2 Å². The minimum atomic E-state index is -3.26. The van der Waals surface area contributed by atoms with E-state index < -0.39 is 10.0 Å². The van der Waals surface area contributed by atoms with E-state index in [1.54, 1.807) is 17.9 Å². The average Bonchev–Trinajstić information content (AvgIpc) is 2.96. The Labute approximate surface area is 137 Å². The number of anilines is 1. The lowest BCUT2D eigenvalue weighted by atomic mass is 9.99. The molecule has 8 nitrogen and oxygen atoms in total. The van der Waals surface area contributed by atoms with Crippen LogP contribution in [0.3, 0.4) is 0 Å². The van der Waals surface area contributed by atoms with Crippen molar-refractivity contribution in [2.24, 2.45) is 5.92 Å². The van der Waals surface area contributed by atoms with Gasteiger partial charge >= 0.3 is 0 Å². The van der Waals surface area contributed by atoms with Gasteiger partial charge in [0.15, 0.2) is 0 Å². The highest BCUT2D eigenvalue weighted by Gasteiger charge is 2.31. The molecule has 2 rings (SSSR count). The van der Waals surface area contributed by atoms with Crippen LogP contribution < -0.4 is 5.32 Å². The summed E-state index contributed by atoms with van der Waals surface area (Å²) in [4.78, 5) is 16.5. The predicted molar refractivity (Wildman–Crippen MR) is 87.4 cm³/mol. The lowest BCUT2D eigenvalue weighted by molar-refractivity contribution is -0.120. The zero-order valence-corrected chi connectivity index (χ0v) is 14.9. The summed E-state index contributed by atoms with van der Waals surface area (Å²) in [5.41, 5.74) is -0.215. The molecular formula is C14H25N5O3S. The van der Waals surface area contributed by atoms with Crippen LogP contribution in [-0.4, -0.2) is 52.2 Å². The molecule has 23 heavy (non-hydrogen) atoms. The molecule has 1 N–H and O–H groups in total. The van der Waals surface area contributed by atoms with Gasteiger partial charge < -0.3 is 0 Å². The first-order chi connectivity index (χ1) is 10.6. The molecule has 0 bridgehead atoms. The van der Waals surface area contributed by atoms with E-state index in [1.165, 1.54) is 4.31 Å². The van der Waals surface area contributed by atoms with Crippen molar-refractivity contribution in [1.29, 1.82) is 0 Å². The van der Waals surface area contributed by atoms with E-state index in [-0.39, 0.29) is 35.6 Å². The molecule has 0 radical (unpaired) electrons. The normalized spacial score (nSPS) is 20.4. The first-order valence-corrected chi connectivity index (χ1v) is 9.45. The van der Waals surface area contributed by atoms with Gasteiger partial charge in [0.05, 0.1) is 17.2 Å². The molecule has 1 aromatic rings. The van der Waals surface area contributed by atoms with Gasteiger partial charge in [-0.25, -0.2) is 22.4 Å². The van der Waals surface area contributed by atoms with Crippen molar-refractivity contribution >= 4 is 21.9 Å². The molecule has 0 aromatic carbocycles. The largest absolute Gasteiger partial charge is 0.293 e. The molecule has 1 fully saturated rings. The van der Waals surface area contributed by atoms with Crippen LogP contribution in [0.4, 0.5) is 5.95 Å². The Morgan fingerprint density at radius 2 is 2.13 bits per heavy atom. The fourth-order valence-electron chi connectivity index (χ4n) is 2.45. The fourth-order valence-corrected chi connectivity index (χ4v) is 3.63. The van der Waals surface area contributed by atoms with Crippen LogP contribution in [-0.2, 0) is 20.4 Å². The second-order valence-electron chi connectivity index (χ2n) is 6.77. The molecule has 1 unspecified atom stereocenters. The van der Waals surface area contributed by atoms with Gasteiger partial charge in [-0.1, -0.05) is 0 Å². The molecule has 1 aliphatic heterocycles. The number of sulfonamides is 1. The van der Waals surface area contributed by atoms with Crippen molar-refractivity contribution in [2.45, 2.75) is 46.1 Å². The average molecular weight is 343 g/mol. The molecule has 1 amide bonds. The third kappa shape index (κ3) is 4.29. The van der Waals surface area contributed by atoms with E-state index in [2.05, 4.69) is 15.4 Å². The molecule has 130 valence electrons. The number of carbonyl (C=O) groups is 1. The summed E-state index contributed by atoms with van der Waals surface area (Å²) in [5, 5.41) is 6.93. The lowest BCUT2D eigenvalue weighted by Crippen LogP contribution is -2.44. The molecule has 1 saturated heterocycles. The van der Waals surface area contributed by atoms with E-state index in [1.807, 2.05) is 20.8 Å². The predicted octanol–water partition coefficient (Wildman–Crippen LogP) is 1.03. The Kier molecular flexibility index (Phi) is 5.10. The van der Waals surface area contributed by atoms with Crippen LogP contribution in [0.5, 0.6) is 0 Å². The molecule has 2 heterocycles. The number of amides is 1. The fraction of sp³-hybridized carbons (Fsp3) is 0.786. The smallest absolute Gasteiger partial charge is 0.248 e. The summed E-state index contributed by atoms with van der Waals surface area (Å²) in [6.45, 7) is 8.28. The van der Waals surface area contributed by atoms with Crippen molar-refractivity contribution in [3.05, 3.63) is 6.33 Å². The van der Waals surface area contributed by atoms with Gasteiger partial charge in [0, 0.05) is 13.1 Å². The first kappa shape index (κ1) is 17.9. The maximum absolute atomic E-state index is 12.4. The summed E-state index contributed by atoms with van der Waals surface area (Å²) in [6, 6.07) is 0. The van der Waals surface area contributed by atoms with Crippen molar-refractivity contribution in [3.8, 4) is 0 Å². The minimum absolute atomic E-state index is 0.0544. The van der Waals surface area contributed by atoms with E-state index in [0.29, 0.717) is 19.4 Å². The Bertz CT molecular complexity index is 662. The number of nitrogens with one attached hydrogen (secondary N) is 1. The molecule has 0 spiro atoms. The molecule has 1 atom stereocenters. The van der Waals surface area contributed by atoms with Crippen LogP contribution in [0.1, 0.15) is 40.5 Å². The van der Waals surface area contributed by atoms with Gasteiger partial charge in [0.25, 0.3) is 0 Å². The molecule has 0 aliphatic carbocycles. The number of piperidine rings is 1. The van der Waals surface area contributed by atoms with Crippen LogP contribution in [0.25, 0.3) is 0 Å². The van der Waals surface area contributed by atoms with E-state index in [0.717, 1.165) is 0 Å². The summed E-state index contributed by atoms with van der Waals surface area (Å²) < 4.78 is 27.0. The van der Waals surface area contributed by atoms with Crippen molar-refractivity contribution in [3.63, 3.8) is 0 Å². The van der Waals surface area contributed by atoms with Crippen LogP contribution in [0.15, 0.2) is 6.33 Å². The van der Waals surface area contributed by atoms with Gasteiger partial charge in [0.2, 0.25) is 21.9 Å². The highest BCUT2D eigenvalue weighted by Crippen LogP contribution is 2.21. The SMILES string of the molecule is CCS(=O)(=O)N1CCCC(C(=O)Nc2ncn(C(C)(C)C)n2)C1. The van der Waals surface area contributed by atoms with Gasteiger partial charge in [0.1, 0.15) is 6.33 Å². The summed E-state index contributed by atoms with van der Waals surface area (Å²) in [7, 11) is -3.26. The summed E-state index contributed by atoms with van der Waals surface area (Å²) >= 11 is 0. The maximum atomic E-state index is 12.4. The number of hydrogen-bond acceptors (Lipinski definition) is 5. The third-order valence-electron chi connectivity index (χ3n) is 3.93.